The molecule has 9 nitrogen and oxygen atoms in total. The van der Waals surface area contributed by atoms with E-state index in [2.05, 4.69) is 4.72 Å². The minimum atomic E-state index is -3.97. The molecule has 1 heterocycles. The molecule has 10 heteroatoms. The Labute approximate surface area is 170 Å². The Morgan fingerprint density at radius 3 is 2.69 bits per heavy atom. The van der Waals surface area contributed by atoms with E-state index in [-0.39, 0.29) is 29.5 Å². The van der Waals surface area contributed by atoms with Crippen LogP contribution < -0.4 is 9.46 Å². The fourth-order valence-corrected chi connectivity index (χ4v) is 5.39. The summed E-state index contributed by atoms with van der Waals surface area (Å²) in [6, 6.07) is 3.44. The summed E-state index contributed by atoms with van der Waals surface area (Å²) in [7, 11) is -2.69. The van der Waals surface area contributed by atoms with Gasteiger partial charge in [0.25, 0.3) is 0 Å². The number of carbonyl (C=O) groups is 1. The molecule has 29 heavy (non-hydrogen) atoms. The average Bonchev–Trinajstić information content (AvgIpc) is 2.72. The molecule has 1 N–H and O–H groups in total. The lowest BCUT2D eigenvalue weighted by atomic mass is 9.75. The number of carbonyl (C=O) groups excluding carboxylic acids is 1. The Morgan fingerprint density at radius 2 is 2.00 bits per heavy atom. The van der Waals surface area contributed by atoms with E-state index < -0.39 is 20.6 Å². The van der Waals surface area contributed by atoms with E-state index in [9.17, 15) is 23.3 Å². The van der Waals surface area contributed by atoms with E-state index >= 15 is 0 Å². The SMILES string of the molecule is COc1ccc(S(=O)(=O)NCCC(=O)N2CC[C@H]3CCCC[C@@H]3C2)cc1[N+](=O)[O-]. The number of nitro benzene ring substituents is 1. The van der Waals surface area contributed by atoms with Crippen LogP contribution in [-0.2, 0) is 14.8 Å². The van der Waals surface area contributed by atoms with Gasteiger partial charge in [-0.05, 0) is 36.8 Å². The lowest BCUT2D eigenvalue weighted by Gasteiger charge is -2.41. The maximum absolute atomic E-state index is 12.5. The predicted molar refractivity (Wildman–Crippen MR) is 106 cm³/mol. The van der Waals surface area contributed by atoms with Crippen molar-refractivity contribution in [3.63, 3.8) is 0 Å². The van der Waals surface area contributed by atoms with Crippen LogP contribution in [0.2, 0.25) is 0 Å². The van der Waals surface area contributed by atoms with Gasteiger partial charge in [0.1, 0.15) is 0 Å². The summed E-state index contributed by atoms with van der Waals surface area (Å²) < 4.78 is 32.2. The van der Waals surface area contributed by atoms with Crippen molar-refractivity contribution in [3.05, 3.63) is 28.3 Å². The van der Waals surface area contributed by atoms with Gasteiger partial charge >= 0.3 is 5.69 Å². The molecular weight excluding hydrogens is 398 g/mol. The van der Waals surface area contributed by atoms with Crippen molar-refractivity contribution in [1.29, 1.82) is 0 Å². The molecule has 2 aliphatic rings. The smallest absolute Gasteiger partial charge is 0.312 e. The van der Waals surface area contributed by atoms with Crippen LogP contribution in [0.15, 0.2) is 23.1 Å². The van der Waals surface area contributed by atoms with Crippen LogP contribution in [-0.4, -0.2) is 50.9 Å². The second-order valence-corrected chi connectivity index (χ2v) is 9.44. The van der Waals surface area contributed by atoms with Gasteiger partial charge in [0, 0.05) is 32.1 Å². The number of nitrogens with one attached hydrogen (secondary N) is 1. The Kier molecular flexibility index (Phi) is 6.74. The van der Waals surface area contributed by atoms with E-state index in [1.165, 1.54) is 38.5 Å². The number of piperidine rings is 1. The monoisotopic (exact) mass is 425 g/mol. The molecule has 0 bridgehead atoms. The highest BCUT2D eigenvalue weighted by Crippen LogP contribution is 2.36. The third-order valence-corrected chi connectivity index (χ3v) is 7.39. The van der Waals surface area contributed by atoms with Gasteiger partial charge in [0.05, 0.1) is 16.9 Å². The van der Waals surface area contributed by atoms with Crippen LogP contribution in [0.1, 0.15) is 38.5 Å². The fourth-order valence-electron chi connectivity index (χ4n) is 4.34. The zero-order valence-corrected chi connectivity index (χ0v) is 17.3. The van der Waals surface area contributed by atoms with Crippen LogP contribution in [0.25, 0.3) is 0 Å². The molecule has 1 aliphatic carbocycles. The maximum Gasteiger partial charge on any atom is 0.312 e. The van der Waals surface area contributed by atoms with Crippen molar-refractivity contribution in [2.45, 2.75) is 43.4 Å². The second-order valence-electron chi connectivity index (χ2n) is 7.67. The van der Waals surface area contributed by atoms with Crippen LogP contribution >= 0.6 is 0 Å². The highest BCUT2D eigenvalue weighted by molar-refractivity contribution is 7.89. The van der Waals surface area contributed by atoms with E-state index in [4.69, 9.17) is 4.74 Å². The average molecular weight is 426 g/mol. The summed E-state index contributed by atoms with van der Waals surface area (Å²) in [6.07, 6.45) is 6.00. The van der Waals surface area contributed by atoms with Gasteiger partial charge in [-0.25, -0.2) is 13.1 Å². The molecule has 0 spiro atoms. The number of methoxy groups -OCH3 is 1. The standard InChI is InChI=1S/C19H27N3O6S/c1-28-18-7-6-16(12-17(18)22(24)25)29(26,27)20-10-8-19(23)21-11-9-14-4-2-3-5-15(14)13-21/h6-7,12,14-15,20H,2-5,8-11,13H2,1H3/t14-,15-/m1/s1. The molecule has 1 aromatic rings. The Balaban J connectivity index is 1.56. The van der Waals surface area contributed by atoms with Crippen molar-refractivity contribution >= 4 is 21.6 Å². The molecule has 1 saturated heterocycles. The molecule has 1 aliphatic heterocycles. The number of nitro groups is 1. The summed E-state index contributed by atoms with van der Waals surface area (Å²) in [5.74, 6) is 1.21. The molecule has 3 rings (SSSR count). The van der Waals surface area contributed by atoms with Gasteiger partial charge in [0.15, 0.2) is 5.75 Å². The first-order valence-corrected chi connectivity index (χ1v) is 11.4. The number of sulfonamides is 1. The second kappa shape index (κ2) is 9.08. The largest absolute Gasteiger partial charge is 0.490 e. The van der Waals surface area contributed by atoms with E-state index in [1.54, 1.807) is 0 Å². The molecule has 160 valence electrons. The number of benzene rings is 1. The lowest BCUT2D eigenvalue weighted by Crippen LogP contribution is -2.45. The molecule has 1 aromatic carbocycles. The number of amides is 1. The Bertz CT molecular complexity index is 873. The van der Waals surface area contributed by atoms with Gasteiger partial charge < -0.3 is 9.64 Å². The van der Waals surface area contributed by atoms with Crippen molar-refractivity contribution in [2.75, 3.05) is 26.7 Å². The summed E-state index contributed by atoms with van der Waals surface area (Å²) in [4.78, 5) is 24.5. The minimum absolute atomic E-state index is 0.0183. The predicted octanol–water partition coefficient (Wildman–Crippen LogP) is 2.31. The number of ether oxygens (including phenoxy) is 1. The zero-order valence-electron chi connectivity index (χ0n) is 16.5. The van der Waals surface area contributed by atoms with Gasteiger partial charge in [-0.1, -0.05) is 19.3 Å². The number of fused-ring (bicyclic) bond motifs is 1. The van der Waals surface area contributed by atoms with Crippen molar-refractivity contribution in [1.82, 2.24) is 9.62 Å². The number of hydrogen-bond donors (Lipinski definition) is 1. The first-order valence-electron chi connectivity index (χ1n) is 9.91. The molecule has 0 radical (unpaired) electrons. The van der Waals surface area contributed by atoms with Gasteiger partial charge in [-0.2, -0.15) is 0 Å². The zero-order chi connectivity index (χ0) is 21.0. The third kappa shape index (κ3) is 5.05. The summed E-state index contributed by atoms with van der Waals surface area (Å²) in [5, 5.41) is 11.1. The van der Waals surface area contributed by atoms with Crippen molar-refractivity contribution in [2.24, 2.45) is 11.8 Å². The van der Waals surface area contributed by atoms with Crippen LogP contribution in [0.4, 0.5) is 5.69 Å². The first kappa shape index (κ1) is 21.5. The number of nitrogens with zero attached hydrogens (tertiary/aromatic N) is 2. The van der Waals surface area contributed by atoms with E-state index in [0.29, 0.717) is 5.92 Å². The normalized spacial score (nSPS) is 22.0. The van der Waals surface area contributed by atoms with Crippen LogP contribution in [0, 0.1) is 22.0 Å². The molecule has 0 unspecified atom stereocenters. The molecule has 2 fully saturated rings. The summed E-state index contributed by atoms with van der Waals surface area (Å²) in [5.41, 5.74) is -0.429. The van der Waals surface area contributed by atoms with Crippen LogP contribution in [0.3, 0.4) is 0 Å². The third-order valence-electron chi connectivity index (χ3n) is 5.93. The van der Waals surface area contributed by atoms with Gasteiger partial charge in [-0.3, -0.25) is 14.9 Å². The number of hydrogen-bond acceptors (Lipinski definition) is 6. The van der Waals surface area contributed by atoms with E-state index in [1.807, 2.05) is 4.90 Å². The maximum atomic E-state index is 12.5. The highest BCUT2D eigenvalue weighted by Gasteiger charge is 2.32. The molecular formula is C19H27N3O6S. The molecule has 2 atom stereocenters. The number of likely N-dealkylation sites (tertiary alicyclic amines) is 1. The van der Waals surface area contributed by atoms with Crippen LogP contribution in [0.5, 0.6) is 5.75 Å². The Hall–Kier alpha value is -2.20. The molecule has 0 aromatic heterocycles. The number of rotatable bonds is 7. The minimum Gasteiger partial charge on any atom is -0.490 e. The van der Waals surface area contributed by atoms with Gasteiger partial charge in [0.2, 0.25) is 15.9 Å². The van der Waals surface area contributed by atoms with E-state index in [0.717, 1.165) is 37.9 Å². The topological polar surface area (TPSA) is 119 Å². The summed E-state index contributed by atoms with van der Waals surface area (Å²) >= 11 is 0. The fraction of sp³-hybridized carbons (Fsp3) is 0.632. The van der Waals surface area contributed by atoms with Crippen molar-refractivity contribution in [3.8, 4) is 5.75 Å². The highest BCUT2D eigenvalue weighted by atomic mass is 32.2. The molecule has 1 saturated carbocycles. The lowest BCUT2D eigenvalue weighted by molar-refractivity contribution is -0.386. The summed E-state index contributed by atoms with van der Waals surface area (Å²) in [6.45, 7) is 1.45. The van der Waals surface area contributed by atoms with Gasteiger partial charge in [-0.15, -0.1) is 0 Å². The first-order chi connectivity index (χ1) is 13.8. The van der Waals surface area contributed by atoms with Crippen molar-refractivity contribution < 1.29 is 22.9 Å². The molecule has 1 amide bonds. The Morgan fingerprint density at radius 1 is 1.28 bits per heavy atom. The quantitative estimate of drug-likeness (QED) is 0.529.